The monoisotopic (exact) mass is 268 g/mol. The van der Waals surface area contributed by atoms with Crippen LogP contribution < -0.4 is 5.69 Å². The summed E-state index contributed by atoms with van der Waals surface area (Å²) in [6.45, 7) is 2.76. The largest absolute Gasteiger partial charge is 0.347 e. The lowest BCUT2D eigenvalue weighted by Crippen LogP contribution is -2.22. The Bertz CT molecular complexity index is 390. The fraction of sp³-hybridized carbons (Fsp3) is 0.714. The summed E-state index contributed by atoms with van der Waals surface area (Å²) in [5.74, 6) is 1.00. The van der Waals surface area contributed by atoms with Crippen LogP contribution in [0.1, 0.15) is 50.5 Å². The average molecular weight is 268 g/mol. The van der Waals surface area contributed by atoms with Crippen LogP contribution in [0.15, 0.2) is 17.2 Å². The zero-order valence-corrected chi connectivity index (χ0v) is 12.2. The lowest BCUT2D eigenvalue weighted by Gasteiger charge is -2.05. The molecule has 18 heavy (non-hydrogen) atoms. The second-order valence-corrected chi connectivity index (χ2v) is 5.25. The number of hydrogen-bond acceptors (Lipinski definition) is 3. The molecule has 0 saturated carbocycles. The number of unbranched alkanes of at least 4 members (excludes halogenated alkanes) is 6. The van der Waals surface area contributed by atoms with Gasteiger partial charge in [0, 0.05) is 18.9 Å². The molecular formula is C14H24N2OS. The first kappa shape index (κ1) is 15.3. The van der Waals surface area contributed by atoms with Crippen LogP contribution >= 0.6 is 12.6 Å². The van der Waals surface area contributed by atoms with Crippen molar-refractivity contribution in [2.24, 2.45) is 0 Å². The quantitative estimate of drug-likeness (QED) is 0.551. The smallest absolute Gasteiger partial charge is 0.299 e. The highest BCUT2D eigenvalue weighted by atomic mass is 32.1. The lowest BCUT2D eigenvalue weighted by atomic mass is 10.1. The van der Waals surface area contributed by atoms with Crippen LogP contribution in [0.2, 0.25) is 0 Å². The molecule has 0 aliphatic rings. The minimum absolute atomic E-state index is 0.130. The molecule has 0 fully saturated rings. The molecule has 1 aromatic rings. The maximum Gasteiger partial charge on any atom is 0.347 e. The van der Waals surface area contributed by atoms with Crippen molar-refractivity contribution >= 4 is 12.6 Å². The van der Waals surface area contributed by atoms with E-state index in [0.29, 0.717) is 0 Å². The Labute approximate surface area is 115 Å². The Kier molecular flexibility index (Phi) is 7.81. The molecule has 1 rings (SSSR count). The SMILES string of the molecule is Cc1cnc(=O)n(CCCCCCCCCS)c1. The van der Waals surface area contributed by atoms with Crippen LogP contribution in [0, 0.1) is 6.92 Å². The van der Waals surface area contributed by atoms with Gasteiger partial charge in [-0.1, -0.05) is 32.1 Å². The van der Waals surface area contributed by atoms with Crippen molar-refractivity contribution in [3.8, 4) is 0 Å². The van der Waals surface area contributed by atoms with Gasteiger partial charge in [0.1, 0.15) is 0 Å². The van der Waals surface area contributed by atoms with Crippen molar-refractivity contribution in [2.75, 3.05) is 5.75 Å². The first-order valence-electron chi connectivity index (χ1n) is 6.88. The Morgan fingerprint density at radius 3 is 2.39 bits per heavy atom. The van der Waals surface area contributed by atoms with Gasteiger partial charge in [-0.05, 0) is 31.1 Å². The fourth-order valence-corrected chi connectivity index (χ4v) is 2.23. The van der Waals surface area contributed by atoms with Gasteiger partial charge >= 0.3 is 5.69 Å². The van der Waals surface area contributed by atoms with Crippen LogP contribution in [-0.2, 0) is 6.54 Å². The highest BCUT2D eigenvalue weighted by molar-refractivity contribution is 7.80. The molecule has 0 saturated heterocycles. The predicted octanol–water partition coefficient (Wildman–Crippen LogP) is 3.21. The van der Waals surface area contributed by atoms with E-state index in [1.807, 2.05) is 13.1 Å². The normalized spacial score (nSPS) is 10.8. The number of thiol groups is 1. The summed E-state index contributed by atoms with van der Waals surface area (Å²) >= 11 is 4.20. The average Bonchev–Trinajstić information content (AvgIpc) is 2.36. The van der Waals surface area contributed by atoms with Gasteiger partial charge in [-0.25, -0.2) is 9.78 Å². The van der Waals surface area contributed by atoms with Gasteiger partial charge in [-0.2, -0.15) is 12.6 Å². The number of rotatable bonds is 9. The van der Waals surface area contributed by atoms with Gasteiger partial charge in [0.05, 0.1) is 0 Å². The van der Waals surface area contributed by atoms with E-state index in [2.05, 4.69) is 17.6 Å². The van der Waals surface area contributed by atoms with Crippen LogP contribution in [-0.4, -0.2) is 15.3 Å². The minimum Gasteiger partial charge on any atom is -0.299 e. The molecule has 0 bridgehead atoms. The lowest BCUT2D eigenvalue weighted by molar-refractivity contribution is 0.537. The summed E-state index contributed by atoms with van der Waals surface area (Å²) in [5.41, 5.74) is 0.913. The third-order valence-corrected chi connectivity index (χ3v) is 3.36. The molecule has 0 amide bonds. The van der Waals surface area contributed by atoms with Gasteiger partial charge in [-0.3, -0.25) is 4.57 Å². The Morgan fingerprint density at radius 1 is 1.11 bits per heavy atom. The van der Waals surface area contributed by atoms with Crippen LogP contribution in [0.3, 0.4) is 0 Å². The van der Waals surface area contributed by atoms with Gasteiger partial charge in [0.25, 0.3) is 0 Å². The third kappa shape index (κ3) is 6.24. The van der Waals surface area contributed by atoms with E-state index in [0.717, 1.165) is 24.3 Å². The number of aromatic nitrogens is 2. The van der Waals surface area contributed by atoms with Crippen molar-refractivity contribution in [3.05, 3.63) is 28.4 Å². The van der Waals surface area contributed by atoms with Gasteiger partial charge < -0.3 is 0 Å². The molecule has 0 radical (unpaired) electrons. The molecule has 4 heteroatoms. The molecule has 0 spiro atoms. The topological polar surface area (TPSA) is 34.9 Å². The highest BCUT2D eigenvalue weighted by Gasteiger charge is 1.97. The molecule has 1 aromatic heterocycles. The van der Waals surface area contributed by atoms with E-state index in [1.54, 1.807) is 10.8 Å². The van der Waals surface area contributed by atoms with Crippen molar-refractivity contribution < 1.29 is 0 Å². The molecule has 0 atom stereocenters. The molecule has 1 heterocycles. The van der Waals surface area contributed by atoms with Gasteiger partial charge in [-0.15, -0.1) is 0 Å². The van der Waals surface area contributed by atoms with E-state index in [4.69, 9.17) is 0 Å². The van der Waals surface area contributed by atoms with Crippen LogP contribution in [0.25, 0.3) is 0 Å². The summed E-state index contributed by atoms with van der Waals surface area (Å²) in [5, 5.41) is 0. The van der Waals surface area contributed by atoms with E-state index >= 15 is 0 Å². The number of aryl methyl sites for hydroxylation is 2. The Hall–Kier alpha value is -0.770. The number of nitrogens with zero attached hydrogens (tertiary/aromatic N) is 2. The summed E-state index contributed by atoms with van der Waals surface area (Å²) in [4.78, 5) is 15.3. The molecule has 0 N–H and O–H groups in total. The van der Waals surface area contributed by atoms with E-state index in [9.17, 15) is 4.79 Å². The van der Waals surface area contributed by atoms with E-state index in [1.165, 1.54) is 38.5 Å². The molecule has 102 valence electrons. The highest BCUT2D eigenvalue weighted by Crippen LogP contribution is 2.08. The Balaban J connectivity index is 2.11. The molecule has 0 aromatic carbocycles. The minimum atomic E-state index is -0.130. The zero-order valence-electron chi connectivity index (χ0n) is 11.3. The van der Waals surface area contributed by atoms with Crippen LogP contribution in [0.5, 0.6) is 0 Å². The fourth-order valence-electron chi connectivity index (χ4n) is 2.00. The van der Waals surface area contributed by atoms with Crippen LogP contribution in [0.4, 0.5) is 0 Å². The molecule has 3 nitrogen and oxygen atoms in total. The van der Waals surface area contributed by atoms with Gasteiger partial charge in [0.2, 0.25) is 0 Å². The maximum absolute atomic E-state index is 11.5. The maximum atomic E-state index is 11.5. The van der Waals surface area contributed by atoms with Gasteiger partial charge in [0.15, 0.2) is 0 Å². The molecule has 0 unspecified atom stereocenters. The summed E-state index contributed by atoms with van der Waals surface area (Å²) in [7, 11) is 0. The summed E-state index contributed by atoms with van der Waals surface area (Å²) < 4.78 is 1.72. The first-order chi connectivity index (χ1) is 8.74. The van der Waals surface area contributed by atoms with E-state index < -0.39 is 0 Å². The first-order valence-corrected chi connectivity index (χ1v) is 7.51. The van der Waals surface area contributed by atoms with Crippen molar-refractivity contribution in [2.45, 2.75) is 58.4 Å². The van der Waals surface area contributed by atoms with E-state index in [-0.39, 0.29) is 5.69 Å². The molecular weight excluding hydrogens is 244 g/mol. The molecule has 0 aliphatic carbocycles. The van der Waals surface area contributed by atoms with Crippen molar-refractivity contribution in [1.29, 1.82) is 0 Å². The molecule has 0 aliphatic heterocycles. The summed E-state index contributed by atoms with van der Waals surface area (Å²) in [6, 6.07) is 0. The van der Waals surface area contributed by atoms with Crippen molar-refractivity contribution in [3.63, 3.8) is 0 Å². The predicted molar refractivity (Wildman–Crippen MR) is 79.4 cm³/mol. The summed E-state index contributed by atoms with van der Waals surface area (Å²) in [6.07, 6.45) is 12.2. The van der Waals surface area contributed by atoms with Crippen molar-refractivity contribution in [1.82, 2.24) is 9.55 Å². The third-order valence-electron chi connectivity index (χ3n) is 3.04. The standard InChI is InChI=1S/C14H24N2OS/c1-13-11-15-14(17)16(12-13)9-7-5-3-2-4-6-8-10-18/h11-12,18H,2-10H2,1H3. The Morgan fingerprint density at radius 2 is 1.72 bits per heavy atom. The second kappa shape index (κ2) is 9.20. The zero-order chi connectivity index (χ0) is 13.2. The second-order valence-electron chi connectivity index (χ2n) is 4.81. The number of hydrogen-bond donors (Lipinski definition) is 1.